The number of rotatable bonds is 6. The van der Waals surface area contributed by atoms with Crippen LogP contribution >= 0.6 is 0 Å². The van der Waals surface area contributed by atoms with Gasteiger partial charge in [0.25, 0.3) is 0 Å². The van der Waals surface area contributed by atoms with E-state index in [0.29, 0.717) is 19.2 Å². The minimum absolute atomic E-state index is 0.148. The minimum atomic E-state index is -4.77. The fourth-order valence-corrected chi connectivity index (χ4v) is 1.05. The zero-order valence-electron chi connectivity index (χ0n) is 9.99. The molecular weight excluding hydrogens is 251 g/mol. The monoisotopic (exact) mass is 265 g/mol. The zero-order valence-corrected chi connectivity index (χ0v) is 9.99. The first-order valence-electron chi connectivity index (χ1n) is 5.31. The molecule has 1 heterocycles. The quantitative estimate of drug-likeness (QED) is 0.794. The molecule has 0 atom stereocenters. The van der Waals surface area contributed by atoms with Gasteiger partial charge in [0.15, 0.2) is 0 Å². The van der Waals surface area contributed by atoms with E-state index in [-0.39, 0.29) is 5.88 Å². The summed E-state index contributed by atoms with van der Waals surface area (Å²) in [4.78, 5) is 7.07. The Labute approximate surface area is 102 Å². The van der Waals surface area contributed by atoms with Gasteiger partial charge < -0.3 is 14.8 Å². The molecule has 0 saturated carbocycles. The molecule has 18 heavy (non-hydrogen) atoms. The van der Waals surface area contributed by atoms with Crippen molar-refractivity contribution in [2.45, 2.75) is 26.3 Å². The Hall–Kier alpha value is -1.57. The van der Waals surface area contributed by atoms with Gasteiger partial charge in [-0.05, 0) is 0 Å². The Bertz CT molecular complexity index is 354. The Morgan fingerprint density at radius 1 is 1.22 bits per heavy atom. The van der Waals surface area contributed by atoms with Crippen molar-refractivity contribution >= 4 is 0 Å². The molecule has 1 rings (SSSR count). The molecule has 0 aliphatic carbocycles. The van der Waals surface area contributed by atoms with Crippen molar-refractivity contribution in [1.82, 2.24) is 15.3 Å². The number of halogens is 3. The molecule has 102 valence electrons. The van der Waals surface area contributed by atoms with Crippen LogP contribution in [0.15, 0.2) is 12.4 Å². The molecule has 0 saturated heterocycles. The molecule has 0 amide bonds. The highest BCUT2D eigenvalue weighted by Crippen LogP contribution is 2.20. The van der Waals surface area contributed by atoms with E-state index in [1.807, 2.05) is 13.8 Å². The summed E-state index contributed by atoms with van der Waals surface area (Å²) in [5.41, 5.74) is 0. The number of nitrogens with zero attached hydrogens (tertiary/aromatic N) is 2. The van der Waals surface area contributed by atoms with E-state index in [0.717, 1.165) is 12.4 Å². The molecule has 8 heteroatoms. The number of alkyl halides is 3. The Kier molecular flexibility index (Phi) is 5.14. The maximum absolute atomic E-state index is 11.8. The van der Waals surface area contributed by atoms with Crippen molar-refractivity contribution in [3.8, 4) is 11.8 Å². The molecule has 0 aliphatic rings. The summed E-state index contributed by atoms with van der Waals surface area (Å²) >= 11 is 0. The summed E-state index contributed by atoms with van der Waals surface area (Å²) in [7, 11) is 0. The smallest absolute Gasteiger partial charge is 0.475 e. The minimum Gasteiger partial charge on any atom is -0.475 e. The van der Waals surface area contributed by atoms with Crippen LogP contribution in [-0.4, -0.2) is 35.5 Å². The van der Waals surface area contributed by atoms with Gasteiger partial charge in [0.2, 0.25) is 11.8 Å². The largest absolute Gasteiger partial charge is 0.574 e. The van der Waals surface area contributed by atoms with Gasteiger partial charge in [-0.15, -0.1) is 13.2 Å². The van der Waals surface area contributed by atoms with Crippen LogP contribution in [-0.2, 0) is 0 Å². The summed E-state index contributed by atoms with van der Waals surface area (Å²) in [5, 5.41) is 3.11. The number of aromatic nitrogens is 2. The lowest BCUT2D eigenvalue weighted by Gasteiger charge is -2.10. The summed E-state index contributed by atoms with van der Waals surface area (Å²) in [5.74, 6) is -0.467. The average Bonchev–Trinajstić information content (AvgIpc) is 2.24. The highest BCUT2D eigenvalue weighted by Gasteiger charge is 2.31. The van der Waals surface area contributed by atoms with Crippen molar-refractivity contribution in [2.75, 3.05) is 13.2 Å². The molecule has 1 aromatic rings. The molecule has 5 nitrogen and oxygen atoms in total. The highest BCUT2D eigenvalue weighted by atomic mass is 19.4. The van der Waals surface area contributed by atoms with Crippen LogP contribution in [0, 0.1) is 0 Å². The van der Waals surface area contributed by atoms with Crippen molar-refractivity contribution in [3.63, 3.8) is 0 Å². The van der Waals surface area contributed by atoms with Crippen LogP contribution in [0.25, 0.3) is 0 Å². The summed E-state index contributed by atoms with van der Waals surface area (Å²) < 4.78 is 44.3. The van der Waals surface area contributed by atoms with Crippen LogP contribution in [0.2, 0.25) is 0 Å². The van der Waals surface area contributed by atoms with Crippen molar-refractivity contribution in [2.24, 2.45) is 0 Å². The van der Waals surface area contributed by atoms with E-state index in [1.54, 1.807) is 0 Å². The molecule has 0 unspecified atom stereocenters. The Balaban J connectivity index is 2.36. The number of hydrogen-bond donors (Lipinski definition) is 1. The van der Waals surface area contributed by atoms with Crippen LogP contribution < -0.4 is 14.8 Å². The fourth-order valence-electron chi connectivity index (χ4n) is 1.05. The number of nitrogens with one attached hydrogen (secondary N) is 1. The second-order valence-corrected chi connectivity index (χ2v) is 3.70. The predicted molar refractivity (Wildman–Crippen MR) is 57.3 cm³/mol. The SMILES string of the molecule is CC(C)NCCOc1cnc(OC(F)(F)F)cn1. The van der Waals surface area contributed by atoms with E-state index < -0.39 is 12.2 Å². The van der Waals surface area contributed by atoms with Gasteiger partial charge in [0.1, 0.15) is 6.61 Å². The third-order valence-electron chi connectivity index (χ3n) is 1.73. The molecule has 0 aromatic carbocycles. The van der Waals surface area contributed by atoms with E-state index in [2.05, 4.69) is 20.0 Å². The highest BCUT2D eigenvalue weighted by molar-refractivity contribution is 5.11. The Morgan fingerprint density at radius 2 is 1.83 bits per heavy atom. The molecule has 0 spiro atoms. The van der Waals surface area contributed by atoms with Crippen molar-refractivity contribution in [3.05, 3.63) is 12.4 Å². The third kappa shape index (κ3) is 6.24. The molecule has 1 aromatic heterocycles. The normalized spacial score (nSPS) is 11.7. The van der Waals surface area contributed by atoms with E-state index in [9.17, 15) is 13.2 Å². The number of hydrogen-bond acceptors (Lipinski definition) is 5. The number of ether oxygens (including phenoxy) is 2. The Morgan fingerprint density at radius 3 is 2.33 bits per heavy atom. The summed E-state index contributed by atoms with van der Waals surface area (Å²) in [6, 6.07) is 0.335. The van der Waals surface area contributed by atoms with Crippen LogP contribution in [0.5, 0.6) is 11.8 Å². The first kappa shape index (κ1) is 14.5. The van der Waals surface area contributed by atoms with E-state index in [4.69, 9.17) is 4.74 Å². The fraction of sp³-hybridized carbons (Fsp3) is 0.600. The predicted octanol–water partition coefficient (Wildman–Crippen LogP) is 1.75. The molecular formula is C10H14F3N3O2. The topological polar surface area (TPSA) is 56.3 Å². The summed E-state index contributed by atoms with van der Waals surface area (Å²) in [6.45, 7) is 4.94. The van der Waals surface area contributed by atoms with E-state index >= 15 is 0 Å². The maximum Gasteiger partial charge on any atom is 0.574 e. The first-order chi connectivity index (χ1) is 8.37. The lowest BCUT2D eigenvalue weighted by atomic mass is 10.4. The lowest BCUT2D eigenvalue weighted by molar-refractivity contribution is -0.276. The molecule has 0 fully saturated rings. The second-order valence-electron chi connectivity index (χ2n) is 3.70. The lowest BCUT2D eigenvalue weighted by Crippen LogP contribution is -2.27. The van der Waals surface area contributed by atoms with Gasteiger partial charge >= 0.3 is 6.36 Å². The van der Waals surface area contributed by atoms with Gasteiger partial charge in [-0.2, -0.15) is 0 Å². The third-order valence-corrected chi connectivity index (χ3v) is 1.73. The van der Waals surface area contributed by atoms with Crippen LogP contribution in [0.4, 0.5) is 13.2 Å². The van der Waals surface area contributed by atoms with Crippen LogP contribution in [0.3, 0.4) is 0 Å². The molecule has 0 bridgehead atoms. The van der Waals surface area contributed by atoms with Gasteiger partial charge in [0, 0.05) is 12.6 Å². The van der Waals surface area contributed by atoms with E-state index in [1.165, 1.54) is 0 Å². The maximum atomic E-state index is 11.8. The standard InChI is InChI=1S/C10H14F3N3O2/c1-7(2)14-3-4-17-8-5-16-9(6-15-8)18-10(11,12)13/h5-7,14H,3-4H2,1-2H3. The van der Waals surface area contributed by atoms with Crippen LogP contribution in [0.1, 0.15) is 13.8 Å². The van der Waals surface area contributed by atoms with Crippen molar-refractivity contribution < 1.29 is 22.6 Å². The molecule has 1 N–H and O–H groups in total. The zero-order chi connectivity index (χ0) is 13.6. The van der Waals surface area contributed by atoms with Crippen molar-refractivity contribution in [1.29, 1.82) is 0 Å². The van der Waals surface area contributed by atoms with Gasteiger partial charge in [-0.25, -0.2) is 9.97 Å². The molecule has 0 aliphatic heterocycles. The van der Waals surface area contributed by atoms with Gasteiger partial charge in [-0.3, -0.25) is 0 Å². The van der Waals surface area contributed by atoms with Gasteiger partial charge in [-0.1, -0.05) is 13.8 Å². The average molecular weight is 265 g/mol. The summed E-state index contributed by atoms with van der Waals surface area (Å²) in [6.07, 6.45) is -2.83. The molecule has 0 radical (unpaired) electrons. The second kappa shape index (κ2) is 6.39. The van der Waals surface area contributed by atoms with Gasteiger partial charge in [0.05, 0.1) is 12.4 Å². The first-order valence-corrected chi connectivity index (χ1v) is 5.31.